The van der Waals surface area contributed by atoms with Gasteiger partial charge in [-0.05, 0) is 44.0 Å². The molecule has 30 heavy (non-hydrogen) atoms. The van der Waals surface area contributed by atoms with Gasteiger partial charge in [0, 0.05) is 35.8 Å². The van der Waals surface area contributed by atoms with Gasteiger partial charge in [-0.2, -0.15) is 0 Å². The maximum absolute atomic E-state index is 14.0. The standard InChI is InChI=1S/C21H21FN4O3S/c1-12-20(13(2)29-25-12)15-9-17-21(23-10-15)26(11-30-27)19(24-17)7-5-14-4-6-18(28-3)16(22)8-14/h4,6,8-10,27H,5,7,11H2,1-3H3. The number of imidazole rings is 1. The van der Waals surface area contributed by atoms with Gasteiger partial charge < -0.3 is 18.4 Å². The van der Waals surface area contributed by atoms with E-state index in [1.54, 1.807) is 12.3 Å². The van der Waals surface area contributed by atoms with Crippen LogP contribution in [-0.2, 0) is 18.7 Å². The fourth-order valence-corrected chi connectivity index (χ4v) is 3.98. The summed E-state index contributed by atoms with van der Waals surface area (Å²) in [4.78, 5) is 9.32. The number of aromatic nitrogens is 4. The van der Waals surface area contributed by atoms with E-state index in [2.05, 4.69) is 10.1 Å². The molecular formula is C21H21FN4O3S. The SMILES string of the molecule is COc1ccc(CCc2nc3cc(-c4c(C)noc4C)cnc3n2CSO)cc1F. The van der Waals surface area contributed by atoms with Crippen molar-refractivity contribution in [2.75, 3.05) is 7.11 Å². The quantitative estimate of drug-likeness (QED) is 0.423. The number of hydrogen-bond acceptors (Lipinski definition) is 7. The molecule has 0 atom stereocenters. The van der Waals surface area contributed by atoms with Crippen molar-refractivity contribution in [1.29, 1.82) is 0 Å². The first-order valence-corrected chi connectivity index (χ1v) is 10.3. The zero-order valence-electron chi connectivity index (χ0n) is 16.8. The van der Waals surface area contributed by atoms with Crippen molar-refractivity contribution in [3.05, 3.63) is 59.1 Å². The van der Waals surface area contributed by atoms with Crippen LogP contribution in [0.15, 0.2) is 35.0 Å². The minimum Gasteiger partial charge on any atom is -0.494 e. The predicted molar refractivity (Wildman–Crippen MR) is 113 cm³/mol. The molecule has 0 saturated heterocycles. The van der Waals surface area contributed by atoms with Gasteiger partial charge in [-0.3, -0.25) is 0 Å². The minimum atomic E-state index is -0.389. The van der Waals surface area contributed by atoms with Crippen LogP contribution in [0.5, 0.6) is 5.75 Å². The molecular weight excluding hydrogens is 407 g/mol. The van der Waals surface area contributed by atoms with Crippen molar-refractivity contribution >= 4 is 23.2 Å². The van der Waals surface area contributed by atoms with Gasteiger partial charge in [-0.15, -0.1) is 0 Å². The van der Waals surface area contributed by atoms with Crippen LogP contribution in [0, 0.1) is 19.7 Å². The first-order valence-electron chi connectivity index (χ1n) is 9.39. The van der Waals surface area contributed by atoms with Gasteiger partial charge in [0.05, 0.1) is 18.7 Å². The summed E-state index contributed by atoms with van der Waals surface area (Å²) in [6.07, 6.45) is 2.93. The van der Waals surface area contributed by atoms with Gasteiger partial charge in [0.1, 0.15) is 17.1 Å². The number of methoxy groups -OCH3 is 1. The Bertz CT molecular complexity index is 1190. The highest BCUT2D eigenvalue weighted by molar-refractivity contribution is 7.92. The van der Waals surface area contributed by atoms with E-state index in [-0.39, 0.29) is 11.6 Å². The first kappa shape index (κ1) is 20.4. The van der Waals surface area contributed by atoms with Gasteiger partial charge in [-0.25, -0.2) is 14.4 Å². The number of rotatable bonds is 7. The van der Waals surface area contributed by atoms with E-state index in [1.165, 1.54) is 13.2 Å². The fourth-order valence-electron chi connectivity index (χ4n) is 3.60. The summed E-state index contributed by atoms with van der Waals surface area (Å²) in [5.74, 6) is 1.63. The number of nitrogens with zero attached hydrogens (tertiary/aromatic N) is 4. The van der Waals surface area contributed by atoms with Crippen molar-refractivity contribution in [2.24, 2.45) is 0 Å². The van der Waals surface area contributed by atoms with Crippen LogP contribution in [-0.4, -0.2) is 31.4 Å². The lowest BCUT2D eigenvalue weighted by Crippen LogP contribution is -2.04. The molecule has 3 aromatic heterocycles. The fraction of sp³-hybridized carbons (Fsp3) is 0.286. The molecule has 0 unspecified atom stereocenters. The number of pyridine rings is 1. The van der Waals surface area contributed by atoms with E-state index in [4.69, 9.17) is 14.2 Å². The van der Waals surface area contributed by atoms with Crippen molar-refractivity contribution in [3.63, 3.8) is 0 Å². The Hall–Kier alpha value is -2.91. The summed E-state index contributed by atoms with van der Waals surface area (Å²) in [6.45, 7) is 3.75. The molecule has 9 heteroatoms. The maximum Gasteiger partial charge on any atom is 0.165 e. The molecule has 1 aromatic carbocycles. The van der Waals surface area contributed by atoms with Gasteiger partial charge in [-0.1, -0.05) is 11.2 Å². The largest absolute Gasteiger partial charge is 0.494 e. The molecule has 0 radical (unpaired) electrons. The van der Waals surface area contributed by atoms with E-state index < -0.39 is 0 Å². The van der Waals surface area contributed by atoms with Crippen molar-refractivity contribution in [1.82, 2.24) is 19.7 Å². The smallest absolute Gasteiger partial charge is 0.165 e. The lowest BCUT2D eigenvalue weighted by atomic mass is 10.1. The average Bonchev–Trinajstić information content (AvgIpc) is 3.25. The lowest BCUT2D eigenvalue weighted by Gasteiger charge is -2.07. The van der Waals surface area contributed by atoms with Gasteiger partial charge in [0.2, 0.25) is 0 Å². The number of aryl methyl sites for hydroxylation is 4. The Morgan fingerprint density at radius 1 is 1.23 bits per heavy atom. The Balaban J connectivity index is 1.67. The zero-order valence-corrected chi connectivity index (χ0v) is 17.7. The Kier molecular flexibility index (Phi) is 5.74. The van der Waals surface area contributed by atoms with Crippen LogP contribution in [0.4, 0.5) is 4.39 Å². The van der Waals surface area contributed by atoms with Crippen molar-refractivity contribution in [3.8, 4) is 16.9 Å². The Labute approximate surface area is 177 Å². The summed E-state index contributed by atoms with van der Waals surface area (Å²) < 4.78 is 35.5. The number of hydrogen-bond donors (Lipinski definition) is 1. The topological polar surface area (TPSA) is 86.2 Å². The molecule has 0 amide bonds. The second kappa shape index (κ2) is 8.45. The first-order chi connectivity index (χ1) is 14.5. The Morgan fingerprint density at radius 2 is 2.07 bits per heavy atom. The minimum absolute atomic E-state index is 0.221. The van der Waals surface area contributed by atoms with E-state index >= 15 is 0 Å². The molecule has 0 saturated carbocycles. The van der Waals surface area contributed by atoms with E-state index in [0.29, 0.717) is 36.4 Å². The molecule has 0 aliphatic carbocycles. The van der Waals surface area contributed by atoms with Crippen molar-refractivity contribution in [2.45, 2.75) is 32.6 Å². The molecule has 0 aliphatic heterocycles. The summed E-state index contributed by atoms with van der Waals surface area (Å²) in [6, 6.07) is 6.88. The molecule has 4 rings (SSSR count). The van der Waals surface area contributed by atoms with Gasteiger partial charge in [0.25, 0.3) is 0 Å². The summed E-state index contributed by atoms with van der Waals surface area (Å²) in [5, 5.41) is 4.00. The third-order valence-electron chi connectivity index (χ3n) is 5.03. The molecule has 0 fully saturated rings. The summed E-state index contributed by atoms with van der Waals surface area (Å²) in [7, 11) is 1.44. The molecule has 0 spiro atoms. The molecule has 7 nitrogen and oxygen atoms in total. The van der Waals surface area contributed by atoms with Crippen LogP contribution in [0.25, 0.3) is 22.3 Å². The number of fused-ring (bicyclic) bond motifs is 1. The lowest BCUT2D eigenvalue weighted by molar-refractivity contribution is 0.386. The van der Waals surface area contributed by atoms with E-state index in [1.807, 2.05) is 30.5 Å². The molecule has 4 aromatic rings. The van der Waals surface area contributed by atoms with Crippen LogP contribution in [0.2, 0.25) is 0 Å². The van der Waals surface area contributed by atoms with E-state index in [9.17, 15) is 8.94 Å². The normalized spacial score (nSPS) is 11.4. The van der Waals surface area contributed by atoms with E-state index in [0.717, 1.165) is 39.5 Å². The summed E-state index contributed by atoms with van der Waals surface area (Å²) in [5.41, 5.74) is 4.82. The highest BCUT2D eigenvalue weighted by Gasteiger charge is 2.17. The molecule has 0 aliphatic rings. The van der Waals surface area contributed by atoms with Crippen LogP contribution >= 0.6 is 12.0 Å². The number of benzene rings is 1. The van der Waals surface area contributed by atoms with Crippen LogP contribution in [0.1, 0.15) is 22.8 Å². The highest BCUT2D eigenvalue weighted by Crippen LogP contribution is 2.29. The third-order valence-corrected chi connectivity index (χ3v) is 5.40. The second-order valence-electron chi connectivity index (χ2n) is 6.95. The van der Waals surface area contributed by atoms with Crippen LogP contribution in [0.3, 0.4) is 0 Å². The number of ether oxygens (including phenoxy) is 1. The number of halogens is 1. The third kappa shape index (κ3) is 3.78. The van der Waals surface area contributed by atoms with Gasteiger partial charge >= 0.3 is 0 Å². The summed E-state index contributed by atoms with van der Waals surface area (Å²) >= 11 is 0.706. The molecule has 156 valence electrons. The predicted octanol–water partition coefficient (Wildman–Crippen LogP) is 4.80. The Morgan fingerprint density at radius 3 is 2.73 bits per heavy atom. The zero-order chi connectivity index (χ0) is 21.3. The monoisotopic (exact) mass is 428 g/mol. The molecule has 3 heterocycles. The molecule has 1 N–H and O–H groups in total. The second-order valence-corrected chi connectivity index (χ2v) is 7.47. The van der Waals surface area contributed by atoms with Crippen molar-refractivity contribution < 1.29 is 18.2 Å². The highest BCUT2D eigenvalue weighted by atomic mass is 32.2. The average molecular weight is 428 g/mol. The molecule has 0 bridgehead atoms. The van der Waals surface area contributed by atoms with Crippen LogP contribution < -0.4 is 4.74 Å². The maximum atomic E-state index is 14.0. The van der Waals surface area contributed by atoms with Gasteiger partial charge in [0.15, 0.2) is 17.2 Å².